The van der Waals surface area contributed by atoms with E-state index in [9.17, 15) is 4.79 Å². The van der Waals surface area contributed by atoms with Gasteiger partial charge in [0.05, 0.1) is 24.4 Å². The molecule has 3 rings (SSSR count). The second-order valence-electron chi connectivity index (χ2n) is 6.01. The molecule has 24 heavy (non-hydrogen) atoms. The lowest BCUT2D eigenvalue weighted by atomic mass is 10.0. The van der Waals surface area contributed by atoms with E-state index < -0.39 is 0 Å². The van der Waals surface area contributed by atoms with Crippen LogP contribution in [0.25, 0.3) is 0 Å². The number of likely N-dealkylation sites (tertiary alicyclic amines) is 1. The minimum atomic E-state index is -0.0397. The minimum Gasteiger partial charge on any atom is -0.497 e. The Balaban J connectivity index is 1.75. The minimum absolute atomic E-state index is 0.0397. The molecular formula is C18H23N3O2S. The second kappa shape index (κ2) is 7.77. The molecule has 128 valence electrons. The van der Waals surface area contributed by atoms with Gasteiger partial charge in [-0.2, -0.15) is 0 Å². The molecule has 1 fully saturated rings. The van der Waals surface area contributed by atoms with E-state index in [1.54, 1.807) is 12.6 Å². The van der Waals surface area contributed by atoms with Gasteiger partial charge in [0.15, 0.2) is 0 Å². The van der Waals surface area contributed by atoms with Crippen LogP contribution < -0.4 is 10.1 Å². The van der Waals surface area contributed by atoms with Crippen molar-refractivity contribution in [2.24, 2.45) is 0 Å². The van der Waals surface area contributed by atoms with Gasteiger partial charge < -0.3 is 10.1 Å². The van der Waals surface area contributed by atoms with Crippen LogP contribution in [0.5, 0.6) is 5.75 Å². The van der Waals surface area contributed by atoms with Gasteiger partial charge in [0.2, 0.25) is 0 Å². The molecule has 1 atom stereocenters. The van der Waals surface area contributed by atoms with Gasteiger partial charge in [-0.05, 0) is 50.6 Å². The van der Waals surface area contributed by atoms with Crippen molar-refractivity contribution in [1.82, 2.24) is 15.2 Å². The number of aromatic nitrogens is 1. The topological polar surface area (TPSA) is 54.5 Å². The van der Waals surface area contributed by atoms with Gasteiger partial charge in [0, 0.05) is 6.54 Å². The maximum atomic E-state index is 12.4. The first-order chi connectivity index (χ1) is 11.7. The monoisotopic (exact) mass is 345 g/mol. The van der Waals surface area contributed by atoms with Crippen molar-refractivity contribution in [3.63, 3.8) is 0 Å². The third-order valence-electron chi connectivity index (χ3n) is 4.47. The zero-order valence-electron chi connectivity index (χ0n) is 14.1. The highest BCUT2D eigenvalue weighted by Gasteiger charge is 2.25. The van der Waals surface area contributed by atoms with E-state index >= 15 is 0 Å². The molecule has 1 N–H and O–H groups in total. The Morgan fingerprint density at radius 1 is 1.42 bits per heavy atom. The van der Waals surface area contributed by atoms with Crippen molar-refractivity contribution in [1.29, 1.82) is 0 Å². The SMILES string of the molecule is COc1cccc([C@@H](CNC(=O)c2scnc2C)N2CCCC2)c1. The Hall–Kier alpha value is -1.92. The van der Waals surface area contributed by atoms with Crippen molar-refractivity contribution < 1.29 is 9.53 Å². The lowest BCUT2D eigenvalue weighted by Gasteiger charge is -2.28. The second-order valence-corrected chi connectivity index (χ2v) is 6.87. The summed E-state index contributed by atoms with van der Waals surface area (Å²) in [4.78, 5) is 19.7. The molecule has 1 amide bonds. The van der Waals surface area contributed by atoms with Gasteiger partial charge in [-0.25, -0.2) is 4.98 Å². The summed E-state index contributed by atoms with van der Waals surface area (Å²) in [6.07, 6.45) is 2.42. The summed E-state index contributed by atoms with van der Waals surface area (Å²) in [5.74, 6) is 0.809. The number of nitrogens with zero attached hydrogens (tertiary/aromatic N) is 2. The maximum absolute atomic E-state index is 12.4. The van der Waals surface area contributed by atoms with Crippen LogP contribution in [0.2, 0.25) is 0 Å². The molecule has 5 nitrogen and oxygen atoms in total. The molecule has 2 heterocycles. The van der Waals surface area contributed by atoms with E-state index in [-0.39, 0.29) is 11.9 Å². The average Bonchev–Trinajstić information content (AvgIpc) is 3.27. The van der Waals surface area contributed by atoms with E-state index in [0.29, 0.717) is 11.4 Å². The number of methoxy groups -OCH3 is 1. The standard InChI is InChI=1S/C18H23N3O2S/c1-13-17(24-12-20-13)18(22)19-11-16(21-8-3-4-9-21)14-6-5-7-15(10-14)23-2/h5-7,10,12,16H,3-4,8-9,11H2,1-2H3,(H,19,22)/t16-/m1/s1. The van der Waals surface area contributed by atoms with Crippen molar-refractivity contribution in [3.8, 4) is 5.75 Å². The fraction of sp³-hybridized carbons (Fsp3) is 0.444. The van der Waals surface area contributed by atoms with E-state index in [1.165, 1.54) is 29.7 Å². The zero-order chi connectivity index (χ0) is 16.9. The summed E-state index contributed by atoms with van der Waals surface area (Å²) >= 11 is 1.39. The highest BCUT2D eigenvalue weighted by atomic mass is 32.1. The first-order valence-corrected chi connectivity index (χ1v) is 9.13. The molecule has 0 radical (unpaired) electrons. The Morgan fingerprint density at radius 3 is 2.88 bits per heavy atom. The molecule has 1 aromatic heterocycles. The quantitative estimate of drug-likeness (QED) is 0.874. The smallest absolute Gasteiger partial charge is 0.263 e. The van der Waals surface area contributed by atoms with Gasteiger partial charge >= 0.3 is 0 Å². The summed E-state index contributed by atoms with van der Waals surface area (Å²) < 4.78 is 5.36. The Labute approximate surface area is 146 Å². The molecule has 1 aliphatic heterocycles. The Bertz CT molecular complexity index is 695. The lowest BCUT2D eigenvalue weighted by molar-refractivity contribution is 0.0941. The number of aryl methyl sites for hydroxylation is 1. The van der Waals surface area contributed by atoms with Crippen molar-refractivity contribution in [2.45, 2.75) is 25.8 Å². The molecule has 2 aromatic rings. The van der Waals surface area contributed by atoms with Crippen LogP contribution in [0.3, 0.4) is 0 Å². The number of thiazole rings is 1. The van der Waals surface area contributed by atoms with Crippen molar-refractivity contribution >= 4 is 17.2 Å². The number of ether oxygens (including phenoxy) is 1. The molecule has 6 heteroatoms. The molecule has 0 bridgehead atoms. The Morgan fingerprint density at radius 2 is 2.21 bits per heavy atom. The van der Waals surface area contributed by atoms with Crippen LogP contribution in [0.4, 0.5) is 0 Å². The molecule has 0 aliphatic carbocycles. The van der Waals surface area contributed by atoms with Crippen LogP contribution >= 0.6 is 11.3 Å². The molecule has 0 spiro atoms. The number of carbonyl (C=O) groups is 1. The number of hydrogen-bond acceptors (Lipinski definition) is 5. The van der Waals surface area contributed by atoms with Crippen LogP contribution in [-0.4, -0.2) is 42.5 Å². The van der Waals surface area contributed by atoms with Crippen LogP contribution in [0.15, 0.2) is 29.8 Å². The first kappa shape index (κ1) is 16.9. The van der Waals surface area contributed by atoms with Gasteiger partial charge in [-0.1, -0.05) is 12.1 Å². The van der Waals surface area contributed by atoms with Crippen LogP contribution in [-0.2, 0) is 0 Å². The molecule has 1 aromatic carbocycles. The van der Waals surface area contributed by atoms with Crippen LogP contribution in [0, 0.1) is 6.92 Å². The van der Waals surface area contributed by atoms with Crippen molar-refractivity contribution in [3.05, 3.63) is 45.9 Å². The summed E-state index contributed by atoms with van der Waals surface area (Å²) in [6, 6.07) is 8.29. The van der Waals surface area contributed by atoms with Gasteiger partial charge in [0.1, 0.15) is 10.6 Å². The van der Waals surface area contributed by atoms with E-state index in [4.69, 9.17) is 4.74 Å². The summed E-state index contributed by atoms with van der Waals surface area (Å²) in [5.41, 5.74) is 3.68. The third kappa shape index (κ3) is 3.76. The predicted molar refractivity (Wildman–Crippen MR) is 95.7 cm³/mol. The average molecular weight is 345 g/mol. The molecule has 0 unspecified atom stereocenters. The fourth-order valence-electron chi connectivity index (χ4n) is 3.15. The van der Waals surface area contributed by atoms with E-state index in [1.807, 2.05) is 19.1 Å². The van der Waals surface area contributed by atoms with Gasteiger partial charge in [-0.15, -0.1) is 11.3 Å². The van der Waals surface area contributed by atoms with Gasteiger partial charge in [0.25, 0.3) is 5.91 Å². The molecule has 0 saturated carbocycles. The highest BCUT2D eigenvalue weighted by molar-refractivity contribution is 7.11. The highest BCUT2D eigenvalue weighted by Crippen LogP contribution is 2.27. The lowest BCUT2D eigenvalue weighted by Crippen LogP contribution is -2.36. The van der Waals surface area contributed by atoms with Crippen molar-refractivity contribution in [2.75, 3.05) is 26.7 Å². The third-order valence-corrected chi connectivity index (χ3v) is 5.40. The van der Waals surface area contributed by atoms with Gasteiger partial charge in [-0.3, -0.25) is 9.69 Å². The molecule has 1 saturated heterocycles. The fourth-order valence-corrected chi connectivity index (χ4v) is 3.87. The predicted octanol–water partition coefficient (Wildman–Crippen LogP) is 3.03. The molecular weight excluding hydrogens is 322 g/mol. The van der Waals surface area contributed by atoms with E-state index in [0.717, 1.165) is 24.5 Å². The number of rotatable bonds is 6. The maximum Gasteiger partial charge on any atom is 0.263 e. The number of carbonyl (C=O) groups excluding carboxylic acids is 1. The normalized spacial score (nSPS) is 16.1. The largest absolute Gasteiger partial charge is 0.497 e. The Kier molecular flexibility index (Phi) is 5.48. The summed E-state index contributed by atoms with van der Waals surface area (Å²) in [7, 11) is 1.68. The molecule has 1 aliphatic rings. The number of amides is 1. The summed E-state index contributed by atoms with van der Waals surface area (Å²) in [6.45, 7) is 4.59. The van der Waals surface area contributed by atoms with E-state index in [2.05, 4.69) is 27.3 Å². The first-order valence-electron chi connectivity index (χ1n) is 8.25. The summed E-state index contributed by atoms with van der Waals surface area (Å²) in [5, 5.41) is 3.09. The van der Waals surface area contributed by atoms with Crippen LogP contribution in [0.1, 0.15) is 39.8 Å². The zero-order valence-corrected chi connectivity index (χ0v) is 14.9. The number of nitrogens with one attached hydrogen (secondary N) is 1. The number of hydrogen-bond donors (Lipinski definition) is 1. The number of benzene rings is 1.